The summed E-state index contributed by atoms with van der Waals surface area (Å²) in [7, 11) is 0. The van der Waals surface area contributed by atoms with Crippen LogP contribution in [-0.2, 0) is 20.9 Å². The van der Waals surface area contributed by atoms with E-state index in [0.29, 0.717) is 32.6 Å². The second kappa shape index (κ2) is 8.55. The molecule has 146 valence electrons. The first-order valence-electron chi connectivity index (χ1n) is 9.76. The predicted molar refractivity (Wildman–Crippen MR) is 101 cm³/mol. The number of aliphatic carboxylic acids is 1. The Labute approximate surface area is 160 Å². The number of piperidine rings is 1. The molecule has 6 nitrogen and oxygen atoms in total. The van der Waals surface area contributed by atoms with Crippen molar-refractivity contribution in [2.24, 2.45) is 11.8 Å². The van der Waals surface area contributed by atoms with Crippen molar-refractivity contribution in [1.29, 1.82) is 0 Å². The molecule has 2 atom stereocenters. The molecule has 1 aromatic rings. The quantitative estimate of drug-likeness (QED) is 0.832. The van der Waals surface area contributed by atoms with Gasteiger partial charge in [-0.2, -0.15) is 0 Å². The summed E-state index contributed by atoms with van der Waals surface area (Å²) in [6, 6.07) is 8.11. The molecule has 2 amide bonds. The molecular formula is C21H28N2O4. The summed E-state index contributed by atoms with van der Waals surface area (Å²) in [5.41, 5.74) is 2.26. The fourth-order valence-corrected chi connectivity index (χ4v) is 4.09. The second-order valence-electron chi connectivity index (χ2n) is 7.89. The number of amides is 2. The van der Waals surface area contributed by atoms with Crippen LogP contribution >= 0.6 is 0 Å². The fraction of sp³-hybridized carbons (Fsp3) is 0.571. The zero-order valence-electron chi connectivity index (χ0n) is 15.9. The molecule has 0 spiro atoms. The van der Waals surface area contributed by atoms with Crippen LogP contribution in [0.2, 0.25) is 0 Å². The molecule has 2 fully saturated rings. The molecule has 0 saturated carbocycles. The Morgan fingerprint density at radius 1 is 1.19 bits per heavy atom. The summed E-state index contributed by atoms with van der Waals surface area (Å²) in [6.45, 7) is 4.38. The van der Waals surface area contributed by atoms with Gasteiger partial charge in [0.1, 0.15) is 0 Å². The Morgan fingerprint density at radius 3 is 2.63 bits per heavy atom. The lowest BCUT2D eigenvalue weighted by Crippen LogP contribution is -2.43. The number of hydrogen-bond donors (Lipinski definition) is 1. The molecule has 6 heteroatoms. The maximum absolute atomic E-state index is 12.9. The standard InChI is InChI=1S/C21H28N2O4/c1-15-4-6-17(7-5-15)13-23-14-18(11-19(23)24)21(27)22-10-2-3-16(12-22)8-9-20(25)26/h4-7,16,18H,2-3,8-14H2,1H3,(H,25,26)/t16-,18+/m1/s1. The lowest BCUT2D eigenvalue weighted by atomic mass is 9.92. The van der Waals surface area contributed by atoms with Crippen LogP contribution < -0.4 is 0 Å². The van der Waals surface area contributed by atoms with E-state index in [1.54, 1.807) is 4.90 Å². The Kier molecular flexibility index (Phi) is 6.14. The number of likely N-dealkylation sites (tertiary alicyclic amines) is 2. The van der Waals surface area contributed by atoms with E-state index in [9.17, 15) is 14.4 Å². The maximum Gasteiger partial charge on any atom is 0.303 e. The Hall–Kier alpha value is -2.37. The third-order valence-electron chi connectivity index (χ3n) is 5.65. The minimum Gasteiger partial charge on any atom is -0.481 e. The minimum atomic E-state index is -0.786. The van der Waals surface area contributed by atoms with Gasteiger partial charge in [-0.3, -0.25) is 14.4 Å². The van der Waals surface area contributed by atoms with E-state index in [0.717, 1.165) is 18.4 Å². The summed E-state index contributed by atoms with van der Waals surface area (Å²) >= 11 is 0. The number of carbonyl (C=O) groups is 3. The summed E-state index contributed by atoms with van der Waals surface area (Å²) in [5.74, 6) is -0.726. The number of nitrogens with zero attached hydrogens (tertiary/aromatic N) is 2. The number of carboxylic acid groups (broad SMARTS) is 1. The van der Waals surface area contributed by atoms with Crippen molar-refractivity contribution in [1.82, 2.24) is 9.80 Å². The van der Waals surface area contributed by atoms with Crippen molar-refractivity contribution in [3.8, 4) is 0 Å². The highest BCUT2D eigenvalue weighted by atomic mass is 16.4. The topological polar surface area (TPSA) is 77.9 Å². The predicted octanol–water partition coefficient (Wildman–Crippen LogP) is 2.45. The van der Waals surface area contributed by atoms with Gasteiger partial charge < -0.3 is 14.9 Å². The molecule has 3 rings (SSSR count). The van der Waals surface area contributed by atoms with Gasteiger partial charge in [0.2, 0.25) is 11.8 Å². The number of carboxylic acids is 1. The van der Waals surface area contributed by atoms with Gasteiger partial charge in [-0.25, -0.2) is 0 Å². The van der Waals surface area contributed by atoms with Crippen LogP contribution in [0, 0.1) is 18.8 Å². The monoisotopic (exact) mass is 372 g/mol. The Bertz CT molecular complexity index is 701. The first kappa shape index (κ1) is 19.4. The molecule has 0 bridgehead atoms. The van der Waals surface area contributed by atoms with E-state index in [1.807, 2.05) is 36.1 Å². The maximum atomic E-state index is 12.9. The van der Waals surface area contributed by atoms with Crippen molar-refractivity contribution in [2.75, 3.05) is 19.6 Å². The molecule has 2 saturated heterocycles. The first-order chi connectivity index (χ1) is 12.9. The van der Waals surface area contributed by atoms with Crippen molar-refractivity contribution in [2.45, 2.75) is 45.6 Å². The third kappa shape index (κ3) is 5.08. The normalized spacial score (nSPS) is 22.9. The average molecular weight is 372 g/mol. The van der Waals surface area contributed by atoms with Crippen LogP contribution in [0.1, 0.15) is 43.2 Å². The largest absolute Gasteiger partial charge is 0.481 e. The second-order valence-corrected chi connectivity index (χ2v) is 7.89. The Morgan fingerprint density at radius 2 is 1.93 bits per heavy atom. The molecule has 0 unspecified atom stereocenters. The van der Waals surface area contributed by atoms with Crippen molar-refractivity contribution in [3.05, 3.63) is 35.4 Å². The van der Waals surface area contributed by atoms with Gasteiger partial charge >= 0.3 is 5.97 Å². The lowest BCUT2D eigenvalue weighted by Gasteiger charge is -2.34. The smallest absolute Gasteiger partial charge is 0.303 e. The third-order valence-corrected chi connectivity index (χ3v) is 5.65. The molecule has 1 N–H and O–H groups in total. The SMILES string of the molecule is Cc1ccc(CN2C[C@@H](C(=O)N3CCC[C@H](CCC(=O)O)C3)CC2=O)cc1. The van der Waals surface area contributed by atoms with Crippen LogP contribution in [0.5, 0.6) is 0 Å². The zero-order chi connectivity index (χ0) is 19.4. The molecule has 1 aromatic carbocycles. The van der Waals surface area contributed by atoms with Crippen LogP contribution in [0.25, 0.3) is 0 Å². The van der Waals surface area contributed by atoms with Crippen LogP contribution in [-0.4, -0.2) is 52.3 Å². The van der Waals surface area contributed by atoms with Gasteiger partial charge in [0.05, 0.1) is 5.92 Å². The minimum absolute atomic E-state index is 0.0355. The highest BCUT2D eigenvalue weighted by Crippen LogP contribution is 2.26. The molecule has 0 aromatic heterocycles. The van der Waals surface area contributed by atoms with Gasteiger partial charge in [-0.05, 0) is 37.7 Å². The highest BCUT2D eigenvalue weighted by Gasteiger charge is 2.37. The molecule has 2 aliphatic heterocycles. The van der Waals surface area contributed by atoms with E-state index < -0.39 is 5.97 Å². The lowest BCUT2D eigenvalue weighted by molar-refractivity contribution is -0.138. The fourth-order valence-electron chi connectivity index (χ4n) is 4.09. The number of rotatable bonds is 6. The molecular weight excluding hydrogens is 344 g/mol. The van der Waals surface area contributed by atoms with Gasteiger partial charge in [0, 0.05) is 39.0 Å². The molecule has 0 radical (unpaired) electrons. The summed E-state index contributed by atoms with van der Waals surface area (Å²) in [6.07, 6.45) is 2.92. The van der Waals surface area contributed by atoms with Gasteiger partial charge in [-0.1, -0.05) is 29.8 Å². The average Bonchev–Trinajstić information content (AvgIpc) is 3.02. The van der Waals surface area contributed by atoms with Crippen LogP contribution in [0.3, 0.4) is 0 Å². The van der Waals surface area contributed by atoms with Crippen LogP contribution in [0.15, 0.2) is 24.3 Å². The van der Waals surface area contributed by atoms with Gasteiger partial charge in [-0.15, -0.1) is 0 Å². The zero-order valence-corrected chi connectivity index (χ0v) is 15.9. The van der Waals surface area contributed by atoms with Gasteiger partial charge in [0.15, 0.2) is 0 Å². The summed E-state index contributed by atoms with van der Waals surface area (Å²) in [4.78, 5) is 39.7. The highest BCUT2D eigenvalue weighted by molar-refractivity contribution is 5.89. The van der Waals surface area contributed by atoms with E-state index in [-0.39, 0.29) is 36.5 Å². The van der Waals surface area contributed by atoms with E-state index in [1.165, 1.54) is 5.56 Å². The number of benzene rings is 1. The van der Waals surface area contributed by atoms with Gasteiger partial charge in [0.25, 0.3) is 0 Å². The summed E-state index contributed by atoms with van der Waals surface area (Å²) in [5, 5.41) is 8.86. The molecule has 0 aliphatic carbocycles. The van der Waals surface area contributed by atoms with E-state index in [4.69, 9.17) is 5.11 Å². The Balaban J connectivity index is 1.55. The van der Waals surface area contributed by atoms with E-state index in [2.05, 4.69) is 0 Å². The van der Waals surface area contributed by atoms with Crippen molar-refractivity contribution in [3.63, 3.8) is 0 Å². The van der Waals surface area contributed by atoms with Crippen LogP contribution in [0.4, 0.5) is 0 Å². The molecule has 2 heterocycles. The number of hydrogen-bond acceptors (Lipinski definition) is 3. The molecule has 27 heavy (non-hydrogen) atoms. The number of carbonyl (C=O) groups excluding carboxylic acids is 2. The summed E-state index contributed by atoms with van der Waals surface area (Å²) < 4.78 is 0. The van der Waals surface area contributed by atoms with E-state index >= 15 is 0 Å². The molecule has 2 aliphatic rings. The van der Waals surface area contributed by atoms with Crippen molar-refractivity contribution >= 4 is 17.8 Å². The first-order valence-corrected chi connectivity index (χ1v) is 9.76. The van der Waals surface area contributed by atoms with Crippen molar-refractivity contribution < 1.29 is 19.5 Å². The number of aryl methyl sites for hydroxylation is 1.